The largest absolute Gasteiger partial charge is 0.440 e. The molecular weight excluding hydrogens is 254 g/mol. The molecule has 0 unspecified atom stereocenters. The van der Waals surface area contributed by atoms with Crippen LogP contribution in [0.5, 0.6) is 0 Å². The second-order valence-corrected chi connectivity index (χ2v) is 5.34. The number of carbonyl (C=O) groups is 1. The van der Waals surface area contributed by atoms with Gasteiger partial charge in [-0.15, -0.1) is 0 Å². The van der Waals surface area contributed by atoms with Crippen LogP contribution in [0.2, 0.25) is 5.22 Å². The zero-order valence-electron chi connectivity index (χ0n) is 10.2. The minimum atomic E-state index is -0.185. The van der Waals surface area contributed by atoms with Gasteiger partial charge in [0.15, 0.2) is 11.0 Å². The molecule has 4 atom stereocenters. The molecule has 0 aromatic carbocycles. The predicted molar refractivity (Wildman–Crippen MR) is 66.6 cm³/mol. The second kappa shape index (κ2) is 4.59. The molecule has 1 saturated carbocycles. The highest BCUT2D eigenvalue weighted by Crippen LogP contribution is 2.45. The zero-order chi connectivity index (χ0) is 12.7. The van der Waals surface area contributed by atoms with Crippen LogP contribution in [-0.4, -0.2) is 24.7 Å². The maximum absolute atomic E-state index is 12.0. The minimum absolute atomic E-state index is 0.185. The third kappa shape index (κ3) is 1.84. The van der Waals surface area contributed by atoms with Crippen LogP contribution in [0.25, 0.3) is 0 Å². The van der Waals surface area contributed by atoms with Crippen molar-refractivity contribution >= 4 is 17.5 Å². The van der Waals surface area contributed by atoms with Crippen LogP contribution in [-0.2, 0) is 4.74 Å². The summed E-state index contributed by atoms with van der Waals surface area (Å²) in [6.07, 6.45) is 2.39. The van der Waals surface area contributed by atoms with Gasteiger partial charge in [0.25, 0.3) is 5.91 Å². The van der Waals surface area contributed by atoms with Gasteiger partial charge in [-0.3, -0.25) is 4.79 Å². The molecule has 0 bridgehead atoms. The number of hydrogen-bond acceptors (Lipinski definition) is 3. The highest BCUT2D eigenvalue weighted by Gasteiger charge is 2.53. The van der Waals surface area contributed by atoms with Crippen LogP contribution in [0.3, 0.4) is 0 Å². The summed E-state index contributed by atoms with van der Waals surface area (Å²) < 4.78 is 10.8. The molecule has 18 heavy (non-hydrogen) atoms. The Labute approximate surface area is 111 Å². The van der Waals surface area contributed by atoms with Gasteiger partial charge in [-0.25, -0.2) is 0 Å². The van der Waals surface area contributed by atoms with Crippen molar-refractivity contribution in [3.63, 3.8) is 0 Å². The lowest BCUT2D eigenvalue weighted by Crippen LogP contribution is -2.61. The van der Waals surface area contributed by atoms with E-state index in [0.717, 1.165) is 19.4 Å². The summed E-state index contributed by atoms with van der Waals surface area (Å²) in [5.74, 6) is 0.976. The molecule has 2 fully saturated rings. The average molecular weight is 270 g/mol. The average Bonchev–Trinajstić information content (AvgIpc) is 2.94. The fourth-order valence-corrected chi connectivity index (χ4v) is 3.33. The number of furan rings is 1. The second-order valence-electron chi connectivity index (χ2n) is 4.96. The molecule has 1 aliphatic carbocycles. The van der Waals surface area contributed by atoms with E-state index in [1.165, 1.54) is 0 Å². The third-order valence-electron chi connectivity index (χ3n) is 4.09. The molecule has 1 aromatic heterocycles. The molecule has 4 nitrogen and oxygen atoms in total. The van der Waals surface area contributed by atoms with E-state index >= 15 is 0 Å². The highest BCUT2D eigenvalue weighted by molar-refractivity contribution is 6.29. The third-order valence-corrected chi connectivity index (χ3v) is 4.30. The van der Waals surface area contributed by atoms with Crippen molar-refractivity contribution in [3.05, 3.63) is 23.1 Å². The van der Waals surface area contributed by atoms with E-state index in [1.54, 1.807) is 12.1 Å². The Hall–Kier alpha value is -1.00. The molecule has 2 aliphatic rings. The Morgan fingerprint density at radius 3 is 3.06 bits per heavy atom. The van der Waals surface area contributed by atoms with Crippen LogP contribution in [0.15, 0.2) is 16.5 Å². The summed E-state index contributed by atoms with van der Waals surface area (Å²) in [4.78, 5) is 12.0. The van der Waals surface area contributed by atoms with Gasteiger partial charge < -0.3 is 14.5 Å². The summed E-state index contributed by atoms with van der Waals surface area (Å²) in [5, 5.41) is 3.29. The van der Waals surface area contributed by atoms with Gasteiger partial charge in [0.2, 0.25) is 0 Å². The normalized spacial score (nSPS) is 33.9. The van der Waals surface area contributed by atoms with Gasteiger partial charge in [-0.05, 0) is 36.6 Å². The SMILES string of the molecule is CC[C@H]1[C@@H](NC(=O)c2ccc(Cl)o2)[C@H]2CCO[C@H]21. The van der Waals surface area contributed by atoms with Crippen molar-refractivity contribution < 1.29 is 13.9 Å². The predicted octanol–water partition coefficient (Wildman–Crippen LogP) is 2.48. The Morgan fingerprint density at radius 2 is 2.39 bits per heavy atom. The van der Waals surface area contributed by atoms with Crippen LogP contribution >= 0.6 is 11.6 Å². The Balaban J connectivity index is 1.67. The Bertz CT molecular complexity index is 459. The smallest absolute Gasteiger partial charge is 0.287 e. The molecule has 1 N–H and O–H groups in total. The molecule has 5 heteroatoms. The topological polar surface area (TPSA) is 51.5 Å². The molecule has 98 valence electrons. The first-order valence-corrected chi connectivity index (χ1v) is 6.76. The van der Waals surface area contributed by atoms with Gasteiger partial charge in [0.05, 0.1) is 6.10 Å². The summed E-state index contributed by atoms with van der Waals surface area (Å²) in [5.41, 5.74) is 0. The van der Waals surface area contributed by atoms with Gasteiger partial charge in [-0.1, -0.05) is 6.92 Å². The van der Waals surface area contributed by atoms with Crippen LogP contribution in [0, 0.1) is 11.8 Å². The maximum atomic E-state index is 12.0. The first kappa shape index (κ1) is 12.1. The summed E-state index contributed by atoms with van der Waals surface area (Å²) >= 11 is 5.67. The Kier molecular flexibility index (Phi) is 3.08. The quantitative estimate of drug-likeness (QED) is 0.917. The van der Waals surface area contributed by atoms with Crippen LogP contribution in [0.4, 0.5) is 0 Å². The molecule has 0 radical (unpaired) electrons. The lowest BCUT2D eigenvalue weighted by atomic mass is 9.65. The molecule has 3 rings (SSSR count). The van der Waals surface area contributed by atoms with Crippen molar-refractivity contribution in [2.45, 2.75) is 31.9 Å². The van der Waals surface area contributed by atoms with E-state index in [9.17, 15) is 4.79 Å². The molecular formula is C13H16ClNO3. The number of rotatable bonds is 3. The molecule has 1 aromatic rings. The zero-order valence-corrected chi connectivity index (χ0v) is 10.9. The van der Waals surface area contributed by atoms with E-state index in [1.807, 2.05) is 0 Å². The van der Waals surface area contributed by atoms with E-state index < -0.39 is 0 Å². The van der Waals surface area contributed by atoms with Crippen molar-refractivity contribution in [3.8, 4) is 0 Å². The van der Waals surface area contributed by atoms with Gasteiger partial charge in [-0.2, -0.15) is 0 Å². The van der Waals surface area contributed by atoms with Crippen LogP contribution < -0.4 is 5.32 Å². The molecule has 1 saturated heterocycles. The monoisotopic (exact) mass is 269 g/mol. The van der Waals surface area contributed by atoms with Crippen LogP contribution in [0.1, 0.15) is 30.3 Å². The lowest BCUT2D eigenvalue weighted by Gasteiger charge is -2.47. The summed E-state index contributed by atoms with van der Waals surface area (Å²) in [6, 6.07) is 3.38. The van der Waals surface area contributed by atoms with Crippen molar-refractivity contribution in [1.29, 1.82) is 0 Å². The lowest BCUT2D eigenvalue weighted by molar-refractivity contribution is -0.0547. The van der Waals surface area contributed by atoms with E-state index in [2.05, 4.69) is 12.2 Å². The first-order valence-electron chi connectivity index (χ1n) is 6.38. The minimum Gasteiger partial charge on any atom is -0.440 e. The van der Waals surface area contributed by atoms with E-state index in [4.69, 9.17) is 20.8 Å². The summed E-state index contributed by atoms with van der Waals surface area (Å²) in [6.45, 7) is 2.94. The van der Waals surface area contributed by atoms with Gasteiger partial charge in [0.1, 0.15) is 0 Å². The first-order chi connectivity index (χ1) is 8.70. The number of fused-ring (bicyclic) bond motifs is 1. The van der Waals surface area contributed by atoms with Crippen molar-refractivity contribution in [1.82, 2.24) is 5.32 Å². The number of carbonyl (C=O) groups excluding carboxylic acids is 1. The number of amides is 1. The fraction of sp³-hybridized carbons (Fsp3) is 0.615. The molecule has 0 spiro atoms. The molecule has 2 heterocycles. The maximum Gasteiger partial charge on any atom is 0.287 e. The Morgan fingerprint density at radius 1 is 1.56 bits per heavy atom. The fourth-order valence-electron chi connectivity index (χ4n) is 3.19. The molecule has 1 aliphatic heterocycles. The van der Waals surface area contributed by atoms with Crippen molar-refractivity contribution in [2.24, 2.45) is 11.8 Å². The van der Waals surface area contributed by atoms with E-state index in [0.29, 0.717) is 17.9 Å². The number of hydrogen-bond donors (Lipinski definition) is 1. The number of ether oxygens (including phenoxy) is 1. The van der Waals surface area contributed by atoms with E-state index in [-0.39, 0.29) is 22.9 Å². The summed E-state index contributed by atoms with van der Waals surface area (Å²) in [7, 11) is 0. The highest BCUT2D eigenvalue weighted by atomic mass is 35.5. The van der Waals surface area contributed by atoms with Gasteiger partial charge >= 0.3 is 0 Å². The number of nitrogens with one attached hydrogen (secondary N) is 1. The van der Waals surface area contributed by atoms with Crippen molar-refractivity contribution in [2.75, 3.05) is 6.61 Å². The van der Waals surface area contributed by atoms with Gasteiger partial charge in [0, 0.05) is 24.5 Å². The molecule has 1 amide bonds. The standard InChI is InChI=1S/C13H16ClNO3/c1-2-7-11(8-5-6-17-12(7)8)15-13(16)9-3-4-10(14)18-9/h3-4,7-8,11-12H,2,5-6H2,1H3,(H,15,16)/t7-,8+,11+,12-/m0/s1. The number of halogens is 1.